The highest BCUT2D eigenvalue weighted by Gasteiger charge is 2.35. The van der Waals surface area contributed by atoms with Crippen LogP contribution >= 0.6 is 11.3 Å². The van der Waals surface area contributed by atoms with E-state index in [0.29, 0.717) is 21.9 Å². The molecule has 0 saturated carbocycles. The van der Waals surface area contributed by atoms with E-state index in [-0.39, 0.29) is 24.1 Å². The fraction of sp³-hybridized carbons (Fsp3) is 0.250. The predicted octanol–water partition coefficient (Wildman–Crippen LogP) is 3.99. The third-order valence-corrected chi connectivity index (χ3v) is 5.67. The molecule has 2 amide bonds. The van der Waals surface area contributed by atoms with Crippen LogP contribution in [0.3, 0.4) is 0 Å². The van der Waals surface area contributed by atoms with Crippen LogP contribution in [0.25, 0.3) is 10.2 Å². The summed E-state index contributed by atoms with van der Waals surface area (Å²) in [6.45, 7) is 2.42. The van der Waals surface area contributed by atoms with Crippen molar-refractivity contribution in [2.75, 3.05) is 16.8 Å². The van der Waals surface area contributed by atoms with Gasteiger partial charge >= 0.3 is 0 Å². The lowest BCUT2D eigenvalue weighted by Crippen LogP contribution is -2.28. The number of nitrogens with zero attached hydrogens (tertiary/aromatic N) is 2. The highest BCUT2D eigenvalue weighted by molar-refractivity contribution is 7.22. The Hall–Kier alpha value is -2.80. The second kappa shape index (κ2) is 7.08. The molecule has 0 spiro atoms. The lowest BCUT2D eigenvalue weighted by atomic mass is 10.1. The van der Waals surface area contributed by atoms with Crippen molar-refractivity contribution in [1.82, 2.24) is 4.98 Å². The maximum atomic E-state index is 13.3. The Morgan fingerprint density at radius 2 is 2.07 bits per heavy atom. The summed E-state index contributed by atoms with van der Waals surface area (Å²) in [5.41, 5.74) is 2.65. The third kappa shape index (κ3) is 3.55. The molecule has 0 radical (unpaired) electrons. The quantitative estimate of drug-likeness (QED) is 0.741. The van der Waals surface area contributed by atoms with Crippen LogP contribution < -0.4 is 10.2 Å². The summed E-state index contributed by atoms with van der Waals surface area (Å²) in [7, 11) is 0. The molecule has 1 saturated heterocycles. The number of rotatable bonds is 4. The number of carbonyl (C=O) groups excluding carboxylic acids is 2. The van der Waals surface area contributed by atoms with Gasteiger partial charge in [0.1, 0.15) is 5.82 Å². The zero-order chi connectivity index (χ0) is 19.0. The minimum absolute atomic E-state index is 0.0641. The highest BCUT2D eigenvalue weighted by atomic mass is 32.1. The molecule has 1 aliphatic heterocycles. The van der Waals surface area contributed by atoms with E-state index in [1.807, 2.05) is 24.3 Å². The maximum absolute atomic E-state index is 13.3. The van der Waals surface area contributed by atoms with Crippen LogP contribution in [0.1, 0.15) is 18.9 Å². The van der Waals surface area contributed by atoms with Crippen LogP contribution in [0.15, 0.2) is 42.5 Å². The van der Waals surface area contributed by atoms with Crippen LogP contribution in [-0.2, 0) is 16.0 Å². The number of fused-ring (bicyclic) bond motifs is 1. The van der Waals surface area contributed by atoms with Crippen LogP contribution in [-0.4, -0.2) is 23.3 Å². The molecule has 1 aromatic heterocycles. The summed E-state index contributed by atoms with van der Waals surface area (Å²) in [4.78, 5) is 30.9. The number of halogens is 1. The molecular weight excluding hydrogens is 365 g/mol. The van der Waals surface area contributed by atoms with E-state index in [4.69, 9.17) is 0 Å². The first-order valence-electron chi connectivity index (χ1n) is 8.79. The Balaban J connectivity index is 1.46. The van der Waals surface area contributed by atoms with Crippen molar-refractivity contribution in [2.24, 2.45) is 5.92 Å². The number of aryl methyl sites for hydroxylation is 1. The van der Waals surface area contributed by atoms with Gasteiger partial charge in [0.25, 0.3) is 0 Å². The van der Waals surface area contributed by atoms with Crippen molar-refractivity contribution in [3.05, 3.63) is 53.8 Å². The number of thiazole rings is 1. The molecule has 3 aromatic rings. The van der Waals surface area contributed by atoms with Gasteiger partial charge in [-0.1, -0.05) is 30.4 Å². The monoisotopic (exact) mass is 383 g/mol. The Morgan fingerprint density at radius 1 is 1.30 bits per heavy atom. The van der Waals surface area contributed by atoms with Crippen molar-refractivity contribution >= 4 is 44.2 Å². The minimum atomic E-state index is -0.438. The van der Waals surface area contributed by atoms with Crippen LogP contribution in [0.4, 0.5) is 15.2 Å². The van der Waals surface area contributed by atoms with Gasteiger partial charge < -0.3 is 10.2 Å². The Morgan fingerprint density at radius 3 is 2.81 bits per heavy atom. The van der Waals surface area contributed by atoms with Gasteiger partial charge in [-0.25, -0.2) is 9.37 Å². The van der Waals surface area contributed by atoms with Gasteiger partial charge in [-0.05, 0) is 42.3 Å². The van der Waals surface area contributed by atoms with Crippen molar-refractivity contribution in [1.29, 1.82) is 0 Å². The van der Waals surface area contributed by atoms with Crippen molar-refractivity contribution in [2.45, 2.75) is 19.8 Å². The van der Waals surface area contributed by atoms with E-state index in [1.165, 1.54) is 29.0 Å². The fourth-order valence-corrected chi connectivity index (χ4v) is 4.10. The number of anilines is 2. The van der Waals surface area contributed by atoms with Gasteiger partial charge in [-0.2, -0.15) is 0 Å². The first-order chi connectivity index (χ1) is 13.0. The first kappa shape index (κ1) is 17.6. The number of amides is 2. The van der Waals surface area contributed by atoms with E-state index >= 15 is 0 Å². The van der Waals surface area contributed by atoms with Gasteiger partial charge in [0.05, 0.1) is 16.1 Å². The van der Waals surface area contributed by atoms with E-state index < -0.39 is 5.92 Å². The Kier molecular flexibility index (Phi) is 4.61. The average Bonchev–Trinajstić information content (AvgIpc) is 3.24. The Bertz CT molecular complexity index is 1020. The molecule has 1 aliphatic rings. The van der Waals surface area contributed by atoms with E-state index in [0.717, 1.165) is 12.1 Å². The second-order valence-corrected chi connectivity index (χ2v) is 7.58. The van der Waals surface area contributed by atoms with Crippen molar-refractivity contribution < 1.29 is 14.0 Å². The molecule has 0 aliphatic carbocycles. The van der Waals surface area contributed by atoms with E-state index in [9.17, 15) is 14.0 Å². The summed E-state index contributed by atoms with van der Waals surface area (Å²) >= 11 is 1.22. The van der Waals surface area contributed by atoms with Crippen molar-refractivity contribution in [3.8, 4) is 0 Å². The summed E-state index contributed by atoms with van der Waals surface area (Å²) in [5, 5.41) is 3.19. The number of carbonyl (C=O) groups is 2. The summed E-state index contributed by atoms with van der Waals surface area (Å²) in [6, 6.07) is 12.1. The summed E-state index contributed by atoms with van der Waals surface area (Å²) in [6.07, 6.45) is 1.10. The molecule has 27 heavy (non-hydrogen) atoms. The molecule has 1 atom stereocenters. The van der Waals surface area contributed by atoms with Gasteiger partial charge in [0, 0.05) is 18.7 Å². The third-order valence-electron chi connectivity index (χ3n) is 4.73. The fourth-order valence-electron chi connectivity index (χ4n) is 3.20. The molecule has 2 heterocycles. The number of hydrogen-bond acceptors (Lipinski definition) is 4. The largest absolute Gasteiger partial charge is 0.312 e. The summed E-state index contributed by atoms with van der Waals surface area (Å²) in [5.74, 6) is -1.08. The standard InChI is InChI=1S/C20H18FN3O2S/c1-2-12-3-6-15(7-4-12)24-11-13(9-18(24)25)19(26)23-20-22-16-8-5-14(21)10-17(16)27-20/h3-8,10,13H,2,9,11H2,1H3,(H,22,23,26)/t13-/m0/s1. The smallest absolute Gasteiger partial charge is 0.231 e. The zero-order valence-electron chi connectivity index (χ0n) is 14.7. The van der Waals surface area contributed by atoms with Gasteiger partial charge in [0.2, 0.25) is 11.8 Å². The van der Waals surface area contributed by atoms with E-state index in [1.54, 1.807) is 11.0 Å². The molecule has 0 unspecified atom stereocenters. The Labute approximate surface area is 159 Å². The van der Waals surface area contributed by atoms with Crippen LogP contribution in [0.5, 0.6) is 0 Å². The average molecular weight is 383 g/mol. The normalized spacial score (nSPS) is 16.9. The lowest BCUT2D eigenvalue weighted by molar-refractivity contribution is -0.122. The van der Waals surface area contributed by atoms with E-state index in [2.05, 4.69) is 17.2 Å². The second-order valence-electron chi connectivity index (χ2n) is 6.55. The number of benzene rings is 2. The van der Waals surface area contributed by atoms with Gasteiger partial charge in [-0.3, -0.25) is 9.59 Å². The highest BCUT2D eigenvalue weighted by Crippen LogP contribution is 2.29. The molecule has 5 nitrogen and oxygen atoms in total. The van der Waals surface area contributed by atoms with Crippen LogP contribution in [0.2, 0.25) is 0 Å². The minimum Gasteiger partial charge on any atom is -0.312 e. The molecule has 7 heteroatoms. The molecule has 2 aromatic carbocycles. The molecule has 1 fully saturated rings. The van der Waals surface area contributed by atoms with Gasteiger partial charge in [-0.15, -0.1) is 0 Å². The predicted molar refractivity (Wildman–Crippen MR) is 104 cm³/mol. The number of nitrogens with one attached hydrogen (secondary N) is 1. The molecule has 138 valence electrons. The van der Waals surface area contributed by atoms with Crippen molar-refractivity contribution in [3.63, 3.8) is 0 Å². The SMILES string of the molecule is CCc1ccc(N2C[C@@H](C(=O)Nc3nc4ccc(F)cc4s3)CC2=O)cc1. The maximum Gasteiger partial charge on any atom is 0.231 e. The zero-order valence-corrected chi connectivity index (χ0v) is 15.6. The number of aromatic nitrogens is 1. The summed E-state index contributed by atoms with van der Waals surface area (Å²) < 4.78 is 14.0. The number of hydrogen-bond donors (Lipinski definition) is 1. The van der Waals surface area contributed by atoms with Crippen LogP contribution in [0, 0.1) is 11.7 Å². The molecule has 0 bridgehead atoms. The topological polar surface area (TPSA) is 62.3 Å². The molecule has 1 N–H and O–H groups in total. The van der Waals surface area contributed by atoms with Gasteiger partial charge in [0.15, 0.2) is 5.13 Å². The lowest BCUT2D eigenvalue weighted by Gasteiger charge is -2.17. The first-order valence-corrected chi connectivity index (χ1v) is 9.61. The molecular formula is C20H18FN3O2S. The molecule has 4 rings (SSSR count).